The third-order valence-corrected chi connectivity index (χ3v) is 4.94. The summed E-state index contributed by atoms with van der Waals surface area (Å²) in [6, 6.07) is 12.5. The zero-order valence-corrected chi connectivity index (χ0v) is 16.1. The number of nitrogens with zero attached hydrogens (tertiary/aromatic N) is 1. The van der Waals surface area contributed by atoms with E-state index in [0.29, 0.717) is 11.3 Å². The zero-order chi connectivity index (χ0) is 21.7. The van der Waals surface area contributed by atoms with Gasteiger partial charge in [0.05, 0.1) is 6.42 Å². The van der Waals surface area contributed by atoms with Crippen LogP contribution >= 0.6 is 0 Å². The quantitative estimate of drug-likeness (QED) is 0.748. The predicted molar refractivity (Wildman–Crippen MR) is 106 cm³/mol. The minimum Gasteiger partial charge on any atom is -0.406 e. The average molecular weight is 421 g/mol. The van der Waals surface area contributed by atoms with Crippen molar-refractivity contribution in [1.29, 1.82) is 0 Å². The standard InChI is InChI=1S/C21H22F3N3O3/c22-21(23,24)30-18-7-1-14(2-8-18)13-19(28)26-16-3-5-17(6-4-16)27-11-9-15(10-12-27)20(25)29/h1-8,15H,9-13H2,(H2,25,29)(H,26,28). The van der Waals surface area contributed by atoms with Crippen LogP contribution in [0.3, 0.4) is 0 Å². The van der Waals surface area contributed by atoms with Gasteiger partial charge in [-0.1, -0.05) is 12.1 Å². The molecule has 0 unspecified atom stereocenters. The average Bonchev–Trinajstić information content (AvgIpc) is 2.69. The molecule has 2 aromatic rings. The van der Waals surface area contributed by atoms with E-state index in [0.717, 1.165) is 31.6 Å². The molecule has 1 fully saturated rings. The third kappa shape index (κ3) is 6.13. The molecular formula is C21H22F3N3O3. The first-order chi connectivity index (χ1) is 14.2. The lowest BCUT2D eigenvalue weighted by Gasteiger charge is -2.32. The molecule has 1 aliphatic heterocycles. The van der Waals surface area contributed by atoms with Crippen LogP contribution in [-0.4, -0.2) is 31.3 Å². The first kappa shape index (κ1) is 21.5. The third-order valence-electron chi connectivity index (χ3n) is 4.94. The van der Waals surface area contributed by atoms with Gasteiger partial charge in [-0.2, -0.15) is 0 Å². The van der Waals surface area contributed by atoms with Crippen molar-refractivity contribution in [3.63, 3.8) is 0 Å². The minimum atomic E-state index is -4.75. The Kier molecular flexibility index (Phi) is 6.49. The monoisotopic (exact) mass is 421 g/mol. The number of rotatable bonds is 6. The lowest BCUT2D eigenvalue weighted by atomic mass is 9.96. The molecule has 2 aromatic carbocycles. The number of hydrogen-bond acceptors (Lipinski definition) is 4. The van der Waals surface area contributed by atoms with Gasteiger partial charge < -0.3 is 20.7 Å². The molecule has 1 saturated heterocycles. The molecule has 1 heterocycles. The Morgan fingerprint density at radius 2 is 1.63 bits per heavy atom. The number of benzene rings is 2. The highest BCUT2D eigenvalue weighted by atomic mass is 19.4. The molecule has 0 saturated carbocycles. The van der Waals surface area contributed by atoms with Gasteiger partial charge in [-0.3, -0.25) is 9.59 Å². The van der Waals surface area contributed by atoms with Gasteiger partial charge in [-0.15, -0.1) is 13.2 Å². The van der Waals surface area contributed by atoms with E-state index in [9.17, 15) is 22.8 Å². The number of carbonyl (C=O) groups is 2. The van der Waals surface area contributed by atoms with Gasteiger partial charge in [0.25, 0.3) is 0 Å². The molecule has 1 aliphatic rings. The number of piperidine rings is 1. The van der Waals surface area contributed by atoms with Crippen LogP contribution in [0.1, 0.15) is 18.4 Å². The van der Waals surface area contributed by atoms with Gasteiger partial charge in [0, 0.05) is 30.4 Å². The molecule has 30 heavy (non-hydrogen) atoms. The number of alkyl halides is 3. The van der Waals surface area contributed by atoms with Crippen LogP contribution in [0.2, 0.25) is 0 Å². The number of ether oxygens (including phenoxy) is 1. The first-order valence-electron chi connectivity index (χ1n) is 9.48. The summed E-state index contributed by atoms with van der Waals surface area (Å²) < 4.78 is 40.4. The molecule has 0 aromatic heterocycles. The summed E-state index contributed by atoms with van der Waals surface area (Å²) >= 11 is 0. The van der Waals surface area contributed by atoms with Crippen molar-refractivity contribution in [3.8, 4) is 5.75 Å². The van der Waals surface area contributed by atoms with E-state index in [2.05, 4.69) is 15.0 Å². The Balaban J connectivity index is 1.50. The first-order valence-corrected chi connectivity index (χ1v) is 9.48. The topological polar surface area (TPSA) is 84.7 Å². The molecule has 160 valence electrons. The summed E-state index contributed by atoms with van der Waals surface area (Å²) in [7, 11) is 0. The fourth-order valence-corrected chi connectivity index (χ4v) is 3.38. The van der Waals surface area contributed by atoms with E-state index in [4.69, 9.17) is 5.73 Å². The number of amides is 2. The molecule has 3 rings (SSSR count). The maximum Gasteiger partial charge on any atom is 0.573 e. The SMILES string of the molecule is NC(=O)C1CCN(c2ccc(NC(=O)Cc3ccc(OC(F)(F)F)cc3)cc2)CC1. The summed E-state index contributed by atoms with van der Waals surface area (Å²) in [5.74, 6) is -0.944. The Bertz CT molecular complexity index is 875. The van der Waals surface area contributed by atoms with Gasteiger partial charge in [-0.05, 0) is 54.8 Å². The Hall–Kier alpha value is -3.23. The second-order valence-corrected chi connectivity index (χ2v) is 7.13. The van der Waals surface area contributed by atoms with Crippen LogP contribution in [0.25, 0.3) is 0 Å². The van der Waals surface area contributed by atoms with Crippen molar-refractivity contribution < 1.29 is 27.5 Å². The maximum atomic E-state index is 12.2. The van der Waals surface area contributed by atoms with Crippen molar-refractivity contribution in [1.82, 2.24) is 0 Å². The molecule has 9 heteroatoms. The summed E-state index contributed by atoms with van der Waals surface area (Å²) in [6.45, 7) is 1.49. The predicted octanol–water partition coefficient (Wildman–Crippen LogP) is 3.47. The lowest BCUT2D eigenvalue weighted by Crippen LogP contribution is -2.38. The van der Waals surface area contributed by atoms with Crippen molar-refractivity contribution in [2.24, 2.45) is 11.7 Å². The van der Waals surface area contributed by atoms with E-state index in [-0.39, 0.29) is 29.9 Å². The molecular weight excluding hydrogens is 399 g/mol. The van der Waals surface area contributed by atoms with Crippen molar-refractivity contribution in [3.05, 3.63) is 54.1 Å². The van der Waals surface area contributed by atoms with Gasteiger partial charge >= 0.3 is 6.36 Å². The number of carbonyl (C=O) groups excluding carboxylic acids is 2. The number of primary amides is 1. The summed E-state index contributed by atoms with van der Waals surface area (Å²) in [5, 5.41) is 2.77. The smallest absolute Gasteiger partial charge is 0.406 e. The molecule has 2 amide bonds. The van der Waals surface area contributed by atoms with Crippen LogP contribution in [0, 0.1) is 5.92 Å². The number of nitrogens with one attached hydrogen (secondary N) is 1. The molecule has 0 atom stereocenters. The van der Waals surface area contributed by atoms with Gasteiger partial charge in [0.1, 0.15) is 5.75 Å². The van der Waals surface area contributed by atoms with Crippen LogP contribution in [0.5, 0.6) is 5.75 Å². The van der Waals surface area contributed by atoms with Crippen molar-refractivity contribution in [2.75, 3.05) is 23.3 Å². The highest BCUT2D eigenvalue weighted by molar-refractivity contribution is 5.92. The summed E-state index contributed by atoms with van der Waals surface area (Å²) in [6.07, 6.45) is -3.28. The van der Waals surface area contributed by atoms with Gasteiger partial charge in [0.2, 0.25) is 11.8 Å². The van der Waals surface area contributed by atoms with E-state index in [1.807, 2.05) is 12.1 Å². The normalized spacial score (nSPS) is 15.0. The van der Waals surface area contributed by atoms with Crippen LogP contribution in [-0.2, 0) is 16.0 Å². The maximum absolute atomic E-state index is 12.2. The second kappa shape index (κ2) is 9.06. The Labute approximate surface area is 171 Å². The molecule has 6 nitrogen and oxygen atoms in total. The van der Waals surface area contributed by atoms with Crippen LogP contribution in [0.4, 0.5) is 24.5 Å². The lowest BCUT2D eigenvalue weighted by molar-refractivity contribution is -0.274. The van der Waals surface area contributed by atoms with E-state index >= 15 is 0 Å². The Morgan fingerprint density at radius 3 is 2.17 bits per heavy atom. The molecule has 0 aliphatic carbocycles. The van der Waals surface area contributed by atoms with E-state index < -0.39 is 6.36 Å². The van der Waals surface area contributed by atoms with Crippen molar-refractivity contribution in [2.45, 2.75) is 25.6 Å². The summed E-state index contributed by atoms with van der Waals surface area (Å²) in [4.78, 5) is 25.6. The number of hydrogen-bond donors (Lipinski definition) is 2. The van der Waals surface area contributed by atoms with Gasteiger partial charge in [0.15, 0.2) is 0 Å². The summed E-state index contributed by atoms with van der Waals surface area (Å²) in [5.41, 5.74) is 7.54. The highest BCUT2D eigenvalue weighted by Crippen LogP contribution is 2.25. The zero-order valence-electron chi connectivity index (χ0n) is 16.1. The number of anilines is 2. The van der Waals surface area contributed by atoms with Crippen LogP contribution in [0.15, 0.2) is 48.5 Å². The molecule has 0 bridgehead atoms. The highest BCUT2D eigenvalue weighted by Gasteiger charge is 2.31. The second-order valence-electron chi connectivity index (χ2n) is 7.13. The molecule has 0 spiro atoms. The Morgan fingerprint density at radius 1 is 1.03 bits per heavy atom. The number of halogens is 3. The van der Waals surface area contributed by atoms with E-state index in [1.54, 1.807) is 12.1 Å². The van der Waals surface area contributed by atoms with Crippen LogP contribution < -0.4 is 20.7 Å². The number of nitrogens with two attached hydrogens (primary N) is 1. The molecule has 3 N–H and O–H groups in total. The fraction of sp³-hybridized carbons (Fsp3) is 0.333. The minimum absolute atomic E-state index is 0.0225. The van der Waals surface area contributed by atoms with Crippen molar-refractivity contribution >= 4 is 23.2 Å². The largest absolute Gasteiger partial charge is 0.573 e. The van der Waals surface area contributed by atoms with E-state index in [1.165, 1.54) is 24.3 Å². The molecule has 0 radical (unpaired) electrons. The van der Waals surface area contributed by atoms with Gasteiger partial charge in [-0.25, -0.2) is 0 Å². The fourth-order valence-electron chi connectivity index (χ4n) is 3.38.